The molecule has 1 aromatic heterocycles. The van der Waals surface area contributed by atoms with E-state index < -0.39 is 0 Å². The normalized spacial score (nSPS) is 19.6. The van der Waals surface area contributed by atoms with E-state index in [9.17, 15) is 5.11 Å². The highest BCUT2D eigenvalue weighted by Gasteiger charge is 2.22. The maximum atomic E-state index is 9.49. The minimum Gasteiger partial charge on any atom is -0.508 e. The van der Waals surface area contributed by atoms with Crippen molar-refractivity contribution >= 4 is 0 Å². The average Bonchev–Trinajstić information content (AvgIpc) is 3.00. The largest absolute Gasteiger partial charge is 0.508 e. The van der Waals surface area contributed by atoms with Crippen LogP contribution >= 0.6 is 0 Å². The molecule has 5 nitrogen and oxygen atoms in total. The Morgan fingerprint density at radius 1 is 1.41 bits per heavy atom. The van der Waals surface area contributed by atoms with Gasteiger partial charge in [-0.1, -0.05) is 6.07 Å². The highest BCUT2D eigenvalue weighted by atomic mass is 16.3. The maximum Gasteiger partial charge on any atom is 0.138 e. The Morgan fingerprint density at radius 2 is 2.35 bits per heavy atom. The highest BCUT2D eigenvalue weighted by Crippen LogP contribution is 2.23. The second-order valence-electron chi connectivity index (χ2n) is 4.24. The topological polar surface area (TPSA) is 63.0 Å². The minimum absolute atomic E-state index is 0.244. The molecule has 0 saturated carbocycles. The van der Waals surface area contributed by atoms with Crippen LogP contribution in [0.2, 0.25) is 0 Å². The van der Waals surface area contributed by atoms with Crippen LogP contribution in [0, 0.1) is 0 Å². The smallest absolute Gasteiger partial charge is 0.138 e. The molecule has 1 aliphatic rings. The summed E-state index contributed by atoms with van der Waals surface area (Å²) in [5.74, 6) is 1.61. The van der Waals surface area contributed by atoms with E-state index in [-0.39, 0.29) is 5.75 Å². The molecule has 88 valence electrons. The summed E-state index contributed by atoms with van der Waals surface area (Å²) in [5, 5.41) is 17.1. The van der Waals surface area contributed by atoms with Crippen molar-refractivity contribution in [3.8, 4) is 11.4 Å². The summed E-state index contributed by atoms with van der Waals surface area (Å²) in [5.41, 5.74) is 0.851. The number of phenolic OH excluding ortho intramolecular Hbond substituents is 1. The second kappa shape index (κ2) is 4.18. The predicted molar refractivity (Wildman–Crippen MR) is 63.3 cm³/mol. The van der Waals surface area contributed by atoms with Crippen molar-refractivity contribution in [2.75, 3.05) is 13.1 Å². The van der Waals surface area contributed by atoms with Gasteiger partial charge in [0.05, 0.1) is 5.69 Å². The molecular formula is C12H14N4O. The second-order valence-corrected chi connectivity index (χ2v) is 4.24. The molecule has 2 heterocycles. The number of nitrogens with zero attached hydrogens (tertiary/aromatic N) is 3. The lowest BCUT2D eigenvalue weighted by atomic mass is 10.1. The fourth-order valence-electron chi connectivity index (χ4n) is 2.23. The molecule has 3 rings (SSSR count). The molecule has 17 heavy (non-hydrogen) atoms. The monoisotopic (exact) mass is 230 g/mol. The number of aromatic nitrogens is 3. The molecule has 2 N–H and O–H groups in total. The van der Waals surface area contributed by atoms with Crippen LogP contribution in [0.25, 0.3) is 5.69 Å². The van der Waals surface area contributed by atoms with E-state index >= 15 is 0 Å². The van der Waals surface area contributed by atoms with Crippen LogP contribution < -0.4 is 5.32 Å². The molecule has 5 heteroatoms. The van der Waals surface area contributed by atoms with Gasteiger partial charge in [0.2, 0.25) is 0 Å². The number of hydrogen-bond donors (Lipinski definition) is 2. The standard InChI is InChI=1S/C12H14N4O/c17-11-3-1-2-10(6-11)16-12(14-8-15-16)9-4-5-13-7-9/h1-3,6,8-9,13,17H,4-5,7H2. The first kappa shape index (κ1) is 10.3. The molecule has 1 atom stereocenters. The van der Waals surface area contributed by atoms with Gasteiger partial charge in [0.15, 0.2) is 0 Å². The molecule has 1 saturated heterocycles. The third-order valence-electron chi connectivity index (χ3n) is 3.07. The first-order chi connectivity index (χ1) is 8.34. The Balaban J connectivity index is 2.00. The Labute approximate surface area is 99.1 Å². The van der Waals surface area contributed by atoms with Crippen LogP contribution in [0.1, 0.15) is 18.2 Å². The molecule has 0 spiro atoms. The van der Waals surface area contributed by atoms with Gasteiger partial charge in [0.25, 0.3) is 0 Å². The van der Waals surface area contributed by atoms with E-state index in [0.717, 1.165) is 31.0 Å². The van der Waals surface area contributed by atoms with E-state index in [0.29, 0.717) is 5.92 Å². The van der Waals surface area contributed by atoms with Crippen LogP contribution in [0.4, 0.5) is 0 Å². The van der Waals surface area contributed by atoms with Crippen molar-refractivity contribution in [3.63, 3.8) is 0 Å². The Hall–Kier alpha value is -1.88. The third kappa shape index (κ3) is 1.89. The number of benzene rings is 1. The number of rotatable bonds is 2. The number of nitrogens with one attached hydrogen (secondary N) is 1. The van der Waals surface area contributed by atoms with Crippen molar-refractivity contribution in [1.82, 2.24) is 20.1 Å². The van der Waals surface area contributed by atoms with Gasteiger partial charge in [-0.15, -0.1) is 0 Å². The quantitative estimate of drug-likeness (QED) is 0.809. The van der Waals surface area contributed by atoms with Gasteiger partial charge in [-0.25, -0.2) is 9.67 Å². The minimum atomic E-state index is 0.244. The molecule has 2 aromatic rings. The van der Waals surface area contributed by atoms with Gasteiger partial charge in [-0.3, -0.25) is 0 Å². The average molecular weight is 230 g/mol. The Kier molecular flexibility index (Phi) is 2.53. The highest BCUT2D eigenvalue weighted by molar-refractivity contribution is 5.38. The molecule has 1 fully saturated rings. The molecule has 0 radical (unpaired) electrons. The van der Waals surface area contributed by atoms with E-state index in [1.807, 2.05) is 12.1 Å². The van der Waals surface area contributed by atoms with E-state index in [1.165, 1.54) is 0 Å². The van der Waals surface area contributed by atoms with E-state index in [4.69, 9.17) is 0 Å². The van der Waals surface area contributed by atoms with Gasteiger partial charge >= 0.3 is 0 Å². The predicted octanol–water partition coefficient (Wildman–Crippen LogP) is 1.05. The van der Waals surface area contributed by atoms with Gasteiger partial charge in [-0.05, 0) is 25.1 Å². The molecule has 1 aromatic carbocycles. The molecule has 1 unspecified atom stereocenters. The van der Waals surface area contributed by atoms with Crippen molar-refractivity contribution in [2.45, 2.75) is 12.3 Å². The molecule has 0 bridgehead atoms. The SMILES string of the molecule is Oc1cccc(-n2ncnc2C2CCNC2)c1. The fourth-order valence-corrected chi connectivity index (χ4v) is 2.23. The molecule has 0 amide bonds. The van der Waals surface area contributed by atoms with E-state index in [2.05, 4.69) is 15.4 Å². The van der Waals surface area contributed by atoms with Gasteiger partial charge in [0, 0.05) is 18.5 Å². The Bertz CT molecular complexity index is 517. The van der Waals surface area contributed by atoms with Crippen molar-refractivity contribution < 1.29 is 5.11 Å². The molecular weight excluding hydrogens is 216 g/mol. The summed E-state index contributed by atoms with van der Waals surface area (Å²) in [6, 6.07) is 7.07. The lowest BCUT2D eigenvalue weighted by Crippen LogP contribution is -2.12. The van der Waals surface area contributed by atoms with Crippen LogP contribution in [-0.4, -0.2) is 33.0 Å². The summed E-state index contributed by atoms with van der Waals surface area (Å²) < 4.78 is 1.80. The van der Waals surface area contributed by atoms with Gasteiger partial charge in [-0.2, -0.15) is 5.10 Å². The van der Waals surface area contributed by atoms with Crippen LogP contribution in [-0.2, 0) is 0 Å². The van der Waals surface area contributed by atoms with Crippen LogP contribution in [0.3, 0.4) is 0 Å². The maximum absolute atomic E-state index is 9.49. The van der Waals surface area contributed by atoms with Gasteiger partial charge in [0.1, 0.15) is 17.9 Å². The Morgan fingerprint density at radius 3 is 3.12 bits per heavy atom. The number of aromatic hydroxyl groups is 1. The summed E-state index contributed by atoms with van der Waals surface area (Å²) in [4.78, 5) is 4.33. The molecule has 1 aliphatic heterocycles. The first-order valence-corrected chi connectivity index (χ1v) is 5.74. The number of hydrogen-bond acceptors (Lipinski definition) is 4. The van der Waals surface area contributed by atoms with Crippen molar-refractivity contribution in [2.24, 2.45) is 0 Å². The zero-order chi connectivity index (χ0) is 11.7. The summed E-state index contributed by atoms with van der Waals surface area (Å²) in [6.45, 7) is 1.97. The lowest BCUT2D eigenvalue weighted by molar-refractivity contribution is 0.474. The zero-order valence-corrected chi connectivity index (χ0v) is 9.37. The van der Waals surface area contributed by atoms with Crippen molar-refractivity contribution in [1.29, 1.82) is 0 Å². The summed E-state index contributed by atoms with van der Waals surface area (Å²) in [6.07, 6.45) is 2.65. The zero-order valence-electron chi connectivity index (χ0n) is 9.37. The molecule has 0 aliphatic carbocycles. The van der Waals surface area contributed by atoms with E-state index in [1.54, 1.807) is 23.1 Å². The lowest BCUT2D eigenvalue weighted by Gasteiger charge is -2.10. The van der Waals surface area contributed by atoms with Crippen LogP contribution in [0.5, 0.6) is 5.75 Å². The number of phenols is 1. The summed E-state index contributed by atoms with van der Waals surface area (Å²) in [7, 11) is 0. The first-order valence-electron chi connectivity index (χ1n) is 5.74. The van der Waals surface area contributed by atoms with Crippen LogP contribution in [0.15, 0.2) is 30.6 Å². The fraction of sp³-hybridized carbons (Fsp3) is 0.333. The van der Waals surface area contributed by atoms with Crippen molar-refractivity contribution in [3.05, 3.63) is 36.4 Å². The summed E-state index contributed by atoms with van der Waals surface area (Å²) >= 11 is 0. The van der Waals surface area contributed by atoms with Gasteiger partial charge < -0.3 is 10.4 Å². The third-order valence-corrected chi connectivity index (χ3v) is 3.07.